The number of ether oxygens (including phenoxy) is 1. The van der Waals surface area contributed by atoms with E-state index in [0.717, 1.165) is 5.56 Å². The van der Waals surface area contributed by atoms with Crippen LogP contribution in [0.5, 0.6) is 0 Å². The number of amides is 1. The highest BCUT2D eigenvalue weighted by Crippen LogP contribution is 1.92. The van der Waals surface area contributed by atoms with Crippen LogP contribution in [-0.4, -0.2) is 49.0 Å². The van der Waals surface area contributed by atoms with Crippen LogP contribution >= 0.6 is 0 Å². The van der Waals surface area contributed by atoms with Gasteiger partial charge in [0.1, 0.15) is 0 Å². The molecule has 0 radical (unpaired) electrons. The molecular weight excluding hydrogens is 220 g/mol. The molecule has 1 aromatic rings. The summed E-state index contributed by atoms with van der Waals surface area (Å²) in [5.41, 5.74) is 1.12. The third-order valence-electron chi connectivity index (χ3n) is 2.19. The van der Waals surface area contributed by atoms with E-state index in [-0.39, 0.29) is 5.91 Å². The molecule has 96 valence electrons. The van der Waals surface area contributed by atoms with Crippen LogP contribution in [0.4, 0.5) is 0 Å². The highest BCUT2D eigenvalue weighted by atomic mass is 16.5. The van der Waals surface area contributed by atoms with Crippen molar-refractivity contribution in [3.05, 3.63) is 18.0 Å². The number of aromatic nitrogens is 2. The van der Waals surface area contributed by atoms with Crippen molar-refractivity contribution in [2.45, 2.75) is 13.5 Å². The van der Waals surface area contributed by atoms with E-state index in [4.69, 9.17) is 4.74 Å². The molecule has 2 N–H and O–H groups in total. The molecule has 0 saturated carbocycles. The molecule has 0 bridgehead atoms. The average Bonchev–Trinajstić information content (AvgIpc) is 2.71. The molecule has 1 heterocycles. The molecule has 0 saturated heterocycles. The normalized spacial score (nSPS) is 10.5. The van der Waals surface area contributed by atoms with Crippen molar-refractivity contribution in [3.8, 4) is 0 Å². The molecule has 0 atom stereocenters. The molecule has 6 heteroatoms. The zero-order valence-electron chi connectivity index (χ0n) is 10.4. The summed E-state index contributed by atoms with van der Waals surface area (Å²) >= 11 is 0. The van der Waals surface area contributed by atoms with Gasteiger partial charge in [-0.2, -0.15) is 5.10 Å². The summed E-state index contributed by atoms with van der Waals surface area (Å²) in [6.07, 6.45) is 3.75. The summed E-state index contributed by atoms with van der Waals surface area (Å²) in [7, 11) is 1.63. The van der Waals surface area contributed by atoms with Crippen LogP contribution in [0.1, 0.15) is 5.56 Å². The average molecular weight is 240 g/mol. The number of aryl methyl sites for hydroxylation is 1. The van der Waals surface area contributed by atoms with Gasteiger partial charge in [-0.05, 0) is 12.5 Å². The first-order valence-electron chi connectivity index (χ1n) is 5.68. The Kier molecular flexibility index (Phi) is 6.27. The van der Waals surface area contributed by atoms with Gasteiger partial charge >= 0.3 is 0 Å². The molecule has 1 aromatic heterocycles. The number of hydrogen-bond acceptors (Lipinski definition) is 4. The fourth-order valence-corrected chi connectivity index (χ4v) is 1.34. The van der Waals surface area contributed by atoms with Crippen LogP contribution in [0.25, 0.3) is 0 Å². The molecule has 17 heavy (non-hydrogen) atoms. The van der Waals surface area contributed by atoms with Crippen LogP contribution in [0.3, 0.4) is 0 Å². The second-order valence-electron chi connectivity index (χ2n) is 3.80. The fourth-order valence-electron chi connectivity index (χ4n) is 1.34. The van der Waals surface area contributed by atoms with Gasteiger partial charge in [0.2, 0.25) is 5.91 Å². The maximum Gasteiger partial charge on any atom is 0.234 e. The maximum absolute atomic E-state index is 11.4. The Labute approximate surface area is 101 Å². The lowest BCUT2D eigenvalue weighted by atomic mass is 10.4. The number of nitrogens with one attached hydrogen (secondary N) is 2. The zero-order valence-corrected chi connectivity index (χ0v) is 10.4. The van der Waals surface area contributed by atoms with Crippen LogP contribution in [-0.2, 0) is 16.1 Å². The molecule has 0 aromatic carbocycles. The van der Waals surface area contributed by atoms with Gasteiger partial charge in [-0.1, -0.05) is 0 Å². The number of methoxy groups -OCH3 is 1. The number of carbonyl (C=O) groups excluding carboxylic acids is 1. The predicted octanol–water partition coefficient (Wildman–Crippen LogP) is -0.456. The second kappa shape index (κ2) is 7.81. The monoisotopic (exact) mass is 240 g/mol. The van der Waals surface area contributed by atoms with E-state index < -0.39 is 0 Å². The second-order valence-corrected chi connectivity index (χ2v) is 3.80. The van der Waals surface area contributed by atoms with Crippen molar-refractivity contribution >= 4 is 5.91 Å². The van der Waals surface area contributed by atoms with Gasteiger partial charge in [-0.3, -0.25) is 9.48 Å². The predicted molar refractivity (Wildman–Crippen MR) is 64.7 cm³/mol. The summed E-state index contributed by atoms with van der Waals surface area (Å²) < 4.78 is 6.67. The third-order valence-corrected chi connectivity index (χ3v) is 2.19. The molecule has 0 aliphatic rings. The SMILES string of the molecule is COCCNCC(=O)NCCn1cc(C)cn1. The van der Waals surface area contributed by atoms with Gasteiger partial charge < -0.3 is 15.4 Å². The lowest BCUT2D eigenvalue weighted by Gasteiger charge is -2.06. The van der Waals surface area contributed by atoms with E-state index in [1.54, 1.807) is 13.3 Å². The highest BCUT2D eigenvalue weighted by Gasteiger charge is 2.00. The summed E-state index contributed by atoms with van der Waals surface area (Å²) in [6, 6.07) is 0. The van der Waals surface area contributed by atoms with Gasteiger partial charge in [-0.25, -0.2) is 0 Å². The smallest absolute Gasteiger partial charge is 0.234 e. The summed E-state index contributed by atoms with van der Waals surface area (Å²) in [5, 5.41) is 9.93. The summed E-state index contributed by atoms with van der Waals surface area (Å²) in [4.78, 5) is 11.4. The lowest BCUT2D eigenvalue weighted by molar-refractivity contribution is -0.120. The summed E-state index contributed by atoms with van der Waals surface area (Å²) in [5.74, 6) is -0.00928. The fraction of sp³-hybridized carbons (Fsp3) is 0.636. The largest absolute Gasteiger partial charge is 0.383 e. The first kappa shape index (κ1) is 13.7. The lowest BCUT2D eigenvalue weighted by Crippen LogP contribution is -2.36. The Morgan fingerprint density at radius 3 is 3.00 bits per heavy atom. The highest BCUT2D eigenvalue weighted by molar-refractivity contribution is 5.77. The van der Waals surface area contributed by atoms with Crippen LogP contribution < -0.4 is 10.6 Å². The Bertz CT molecular complexity index is 338. The van der Waals surface area contributed by atoms with E-state index in [1.165, 1.54) is 0 Å². The van der Waals surface area contributed by atoms with E-state index >= 15 is 0 Å². The number of rotatable bonds is 8. The topological polar surface area (TPSA) is 68.2 Å². The van der Waals surface area contributed by atoms with Crippen LogP contribution in [0.15, 0.2) is 12.4 Å². The Morgan fingerprint density at radius 2 is 2.35 bits per heavy atom. The van der Waals surface area contributed by atoms with Gasteiger partial charge in [0.25, 0.3) is 0 Å². The van der Waals surface area contributed by atoms with Crippen molar-refractivity contribution in [2.24, 2.45) is 0 Å². The number of nitrogens with zero attached hydrogens (tertiary/aromatic N) is 2. The molecule has 6 nitrogen and oxygen atoms in total. The van der Waals surface area contributed by atoms with Gasteiger partial charge in [0.05, 0.1) is 25.9 Å². The molecule has 0 unspecified atom stereocenters. The standard InChI is InChI=1S/C11H20N4O2/c1-10-7-14-15(9-10)5-3-13-11(16)8-12-4-6-17-2/h7,9,12H,3-6,8H2,1-2H3,(H,13,16). The molecule has 0 aliphatic heterocycles. The maximum atomic E-state index is 11.4. The van der Waals surface area contributed by atoms with Gasteiger partial charge in [0, 0.05) is 26.4 Å². The first-order valence-corrected chi connectivity index (χ1v) is 5.68. The Hall–Kier alpha value is -1.40. The number of hydrogen-bond donors (Lipinski definition) is 2. The minimum atomic E-state index is -0.00928. The Morgan fingerprint density at radius 1 is 1.53 bits per heavy atom. The quantitative estimate of drug-likeness (QED) is 0.604. The van der Waals surface area contributed by atoms with E-state index in [1.807, 2.05) is 17.8 Å². The molecular formula is C11H20N4O2. The third kappa shape index (κ3) is 6.03. The summed E-state index contributed by atoms with van der Waals surface area (Å²) in [6.45, 7) is 4.88. The van der Waals surface area contributed by atoms with E-state index in [9.17, 15) is 4.79 Å². The van der Waals surface area contributed by atoms with Crippen molar-refractivity contribution in [2.75, 3.05) is 33.4 Å². The first-order chi connectivity index (χ1) is 8.22. The van der Waals surface area contributed by atoms with Gasteiger partial charge in [-0.15, -0.1) is 0 Å². The molecule has 0 fully saturated rings. The van der Waals surface area contributed by atoms with E-state index in [0.29, 0.717) is 32.8 Å². The molecule has 1 amide bonds. The van der Waals surface area contributed by atoms with E-state index in [2.05, 4.69) is 15.7 Å². The molecule has 1 rings (SSSR count). The van der Waals surface area contributed by atoms with Crippen molar-refractivity contribution in [1.82, 2.24) is 20.4 Å². The molecule has 0 aliphatic carbocycles. The van der Waals surface area contributed by atoms with Crippen LogP contribution in [0.2, 0.25) is 0 Å². The number of carbonyl (C=O) groups is 1. The zero-order chi connectivity index (χ0) is 12.5. The van der Waals surface area contributed by atoms with Crippen molar-refractivity contribution in [3.63, 3.8) is 0 Å². The van der Waals surface area contributed by atoms with Crippen molar-refractivity contribution < 1.29 is 9.53 Å². The van der Waals surface area contributed by atoms with Crippen molar-refractivity contribution in [1.29, 1.82) is 0 Å². The van der Waals surface area contributed by atoms with Crippen LogP contribution in [0, 0.1) is 6.92 Å². The minimum absolute atomic E-state index is 0.00928. The van der Waals surface area contributed by atoms with Gasteiger partial charge in [0.15, 0.2) is 0 Å². The Balaban J connectivity index is 2.04. The minimum Gasteiger partial charge on any atom is -0.383 e. The molecule has 0 spiro atoms.